The first-order chi connectivity index (χ1) is 15.5. The van der Waals surface area contributed by atoms with Gasteiger partial charge in [0.25, 0.3) is 0 Å². The number of allylic oxidation sites excluding steroid dienone is 2. The number of benzene rings is 1. The molecule has 0 saturated heterocycles. The van der Waals surface area contributed by atoms with Gasteiger partial charge in [-0.3, -0.25) is 4.79 Å². The second-order valence-electron chi connectivity index (χ2n) is 9.03. The zero-order chi connectivity index (χ0) is 22.8. The first-order valence-electron chi connectivity index (χ1n) is 11.8. The highest BCUT2D eigenvalue weighted by Crippen LogP contribution is 2.36. The number of aliphatic hydroxyl groups is 3. The number of amides is 1. The molecule has 1 aromatic carbocycles. The summed E-state index contributed by atoms with van der Waals surface area (Å²) >= 11 is 0. The lowest BCUT2D eigenvalue weighted by atomic mass is 9.89. The molecule has 2 saturated carbocycles. The number of hydrogen-bond acceptors (Lipinski definition) is 5. The first-order valence-corrected chi connectivity index (χ1v) is 11.8. The summed E-state index contributed by atoms with van der Waals surface area (Å²) < 4.78 is 5.55. The van der Waals surface area contributed by atoms with Crippen molar-refractivity contribution in [3.63, 3.8) is 0 Å². The molecule has 1 amide bonds. The van der Waals surface area contributed by atoms with Crippen molar-refractivity contribution in [2.75, 3.05) is 13.2 Å². The highest BCUT2D eigenvalue weighted by molar-refractivity contribution is 5.75. The summed E-state index contributed by atoms with van der Waals surface area (Å²) in [6.07, 6.45) is 11.2. The van der Waals surface area contributed by atoms with Crippen molar-refractivity contribution in [2.24, 2.45) is 17.8 Å². The number of hydrogen-bond donors (Lipinski definition) is 4. The summed E-state index contributed by atoms with van der Waals surface area (Å²) in [4.78, 5) is 11.8. The molecule has 0 heterocycles. The highest BCUT2D eigenvalue weighted by atomic mass is 16.5. The topological polar surface area (TPSA) is 99.0 Å². The lowest BCUT2D eigenvalue weighted by Gasteiger charge is -2.19. The maximum atomic E-state index is 11.8. The third kappa shape index (κ3) is 8.41. The predicted molar refractivity (Wildman–Crippen MR) is 124 cm³/mol. The second kappa shape index (κ2) is 12.8. The predicted octanol–water partition coefficient (Wildman–Crippen LogP) is 2.98. The van der Waals surface area contributed by atoms with Gasteiger partial charge in [-0.25, -0.2) is 0 Å². The molecule has 4 N–H and O–H groups in total. The van der Waals surface area contributed by atoms with E-state index < -0.39 is 18.3 Å². The SMILES string of the molecule is O=C(CCC/C=C\CC1[C@@H](/C=C/[C@@H](O)COc2ccccc2)[C@H](O)C[C@@H]1O)NCC1CC1. The Morgan fingerprint density at radius 3 is 2.69 bits per heavy atom. The third-order valence-corrected chi connectivity index (χ3v) is 6.27. The van der Waals surface area contributed by atoms with Crippen LogP contribution in [0.2, 0.25) is 0 Å². The van der Waals surface area contributed by atoms with Crippen molar-refractivity contribution in [1.82, 2.24) is 5.32 Å². The molecular formula is C26H37NO5. The van der Waals surface area contributed by atoms with Crippen molar-refractivity contribution >= 4 is 5.91 Å². The van der Waals surface area contributed by atoms with Crippen molar-refractivity contribution in [1.29, 1.82) is 0 Å². The van der Waals surface area contributed by atoms with Crippen LogP contribution < -0.4 is 10.1 Å². The highest BCUT2D eigenvalue weighted by Gasteiger charge is 2.39. The van der Waals surface area contributed by atoms with Gasteiger partial charge in [-0.2, -0.15) is 0 Å². The Morgan fingerprint density at radius 1 is 1.16 bits per heavy atom. The van der Waals surface area contributed by atoms with E-state index in [0.717, 1.165) is 19.4 Å². The van der Waals surface area contributed by atoms with Gasteiger partial charge in [-0.05, 0) is 56.1 Å². The van der Waals surface area contributed by atoms with E-state index in [1.165, 1.54) is 12.8 Å². The lowest BCUT2D eigenvalue weighted by molar-refractivity contribution is -0.121. The minimum Gasteiger partial charge on any atom is -0.491 e. The number of carbonyl (C=O) groups excluding carboxylic acids is 1. The molecule has 0 aromatic heterocycles. The van der Waals surface area contributed by atoms with E-state index in [1.54, 1.807) is 6.08 Å². The van der Waals surface area contributed by atoms with Crippen LogP contribution in [0.1, 0.15) is 44.9 Å². The summed E-state index contributed by atoms with van der Waals surface area (Å²) in [5, 5.41) is 33.9. The van der Waals surface area contributed by atoms with Crippen LogP contribution in [0.5, 0.6) is 5.75 Å². The number of rotatable bonds is 13. The maximum absolute atomic E-state index is 11.8. The van der Waals surface area contributed by atoms with Gasteiger partial charge in [0.05, 0.1) is 12.2 Å². The Kier molecular flexibility index (Phi) is 9.78. The molecule has 6 heteroatoms. The van der Waals surface area contributed by atoms with E-state index in [4.69, 9.17) is 4.74 Å². The summed E-state index contributed by atoms with van der Waals surface area (Å²) in [6, 6.07) is 9.30. The third-order valence-electron chi connectivity index (χ3n) is 6.27. The Labute approximate surface area is 191 Å². The molecule has 176 valence electrons. The Hall–Kier alpha value is -2.15. The number of ether oxygens (including phenoxy) is 1. The zero-order valence-corrected chi connectivity index (χ0v) is 18.7. The van der Waals surface area contributed by atoms with Crippen LogP contribution in [0.25, 0.3) is 0 Å². The van der Waals surface area contributed by atoms with Gasteiger partial charge in [0.1, 0.15) is 18.5 Å². The second-order valence-corrected chi connectivity index (χ2v) is 9.03. The van der Waals surface area contributed by atoms with E-state index in [-0.39, 0.29) is 24.3 Å². The Morgan fingerprint density at radius 2 is 1.94 bits per heavy atom. The summed E-state index contributed by atoms with van der Waals surface area (Å²) in [5.41, 5.74) is 0. The minimum absolute atomic E-state index is 0.0958. The van der Waals surface area contributed by atoms with Crippen molar-refractivity contribution in [3.8, 4) is 5.75 Å². The Bertz CT molecular complexity index is 746. The van der Waals surface area contributed by atoms with Crippen LogP contribution in [-0.2, 0) is 4.79 Å². The molecule has 2 fully saturated rings. The van der Waals surface area contributed by atoms with Crippen molar-refractivity contribution in [2.45, 2.75) is 63.3 Å². The van der Waals surface area contributed by atoms with Crippen LogP contribution in [-0.4, -0.2) is 52.7 Å². The molecule has 2 aliphatic rings. The van der Waals surface area contributed by atoms with Gasteiger partial charge in [0.2, 0.25) is 5.91 Å². The molecule has 3 rings (SSSR count). The minimum atomic E-state index is -0.789. The van der Waals surface area contributed by atoms with Crippen LogP contribution >= 0.6 is 0 Å². The number of nitrogens with one attached hydrogen (secondary N) is 1. The lowest BCUT2D eigenvalue weighted by Crippen LogP contribution is -2.24. The quantitative estimate of drug-likeness (QED) is 0.278. The summed E-state index contributed by atoms with van der Waals surface area (Å²) in [7, 11) is 0. The van der Waals surface area contributed by atoms with E-state index in [0.29, 0.717) is 30.9 Å². The molecule has 0 radical (unpaired) electrons. The molecule has 32 heavy (non-hydrogen) atoms. The van der Waals surface area contributed by atoms with Gasteiger partial charge in [0.15, 0.2) is 0 Å². The molecule has 1 unspecified atom stereocenters. The molecular weight excluding hydrogens is 406 g/mol. The van der Waals surface area contributed by atoms with Crippen molar-refractivity contribution < 1.29 is 24.9 Å². The molecule has 1 aromatic rings. The standard InChI is InChI=1S/C26H37NO5/c28-20(18-32-21-8-4-3-5-9-21)14-15-23-22(24(29)16-25(23)30)10-6-1-2-7-11-26(31)27-17-19-12-13-19/h1,3-6,8-9,14-15,19-20,22-25,28-30H,2,7,10-13,16-18H2,(H,27,31)/b6-1-,15-14+/t20-,22?,23-,24+,25-/m1/s1. The van der Waals surface area contributed by atoms with Gasteiger partial charge >= 0.3 is 0 Å². The molecule has 6 nitrogen and oxygen atoms in total. The molecule has 0 aliphatic heterocycles. The fourth-order valence-electron chi connectivity index (χ4n) is 4.14. The van der Waals surface area contributed by atoms with Crippen LogP contribution in [0.3, 0.4) is 0 Å². The number of carbonyl (C=O) groups is 1. The van der Waals surface area contributed by atoms with Crippen molar-refractivity contribution in [3.05, 3.63) is 54.6 Å². The summed E-state index contributed by atoms with van der Waals surface area (Å²) in [6.45, 7) is 0.948. The van der Waals surface area contributed by atoms with Crippen LogP contribution in [0.4, 0.5) is 0 Å². The molecule has 2 aliphatic carbocycles. The normalized spacial score (nSPS) is 26.6. The largest absolute Gasteiger partial charge is 0.491 e. The van der Waals surface area contributed by atoms with Crippen LogP contribution in [0.15, 0.2) is 54.6 Å². The zero-order valence-electron chi connectivity index (χ0n) is 18.7. The molecule has 0 spiro atoms. The van der Waals surface area contributed by atoms with E-state index >= 15 is 0 Å². The van der Waals surface area contributed by atoms with Crippen LogP contribution in [0, 0.1) is 17.8 Å². The average molecular weight is 444 g/mol. The molecule has 0 bridgehead atoms. The van der Waals surface area contributed by atoms with Gasteiger partial charge in [0, 0.05) is 25.3 Å². The summed E-state index contributed by atoms with van der Waals surface area (Å²) in [5.74, 6) is 1.21. The first kappa shape index (κ1) is 24.5. The van der Waals surface area contributed by atoms with Gasteiger partial charge in [-0.15, -0.1) is 0 Å². The van der Waals surface area contributed by atoms with E-state index in [2.05, 4.69) is 11.4 Å². The fraction of sp³-hybridized carbons (Fsp3) is 0.577. The van der Waals surface area contributed by atoms with Gasteiger partial charge < -0.3 is 25.4 Å². The number of para-hydroxylation sites is 1. The van der Waals surface area contributed by atoms with E-state index in [1.807, 2.05) is 42.5 Å². The molecule has 5 atom stereocenters. The smallest absolute Gasteiger partial charge is 0.220 e. The fourth-order valence-corrected chi connectivity index (χ4v) is 4.14. The monoisotopic (exact) mass is 443 g/mol. The van der Waals surface area contributed by atoms with Gasteiger partial charge in [-0.1, -0.05) is 42.5 Å². The average Bonchev–Trinajstić information content (AvgIpc) is 3.58. The van der Waals surface area contributed by atoms with E-state index in [9.17, 15) is 20.1 Å². The maximum Gasteiger partial charge on any atom is 0.220 e. The Balaban J connectivity index is 1.37. The number of aliphatic hydroxyl groups excluding tert-OH is 3. The number of unbranched alkanes of at least 4 members (excludes halogenated alkanes) is 1.